The normalized spacial score (nSPS) is 10.7. The molecule has 23 heavy (non-hydrogen) atoms. The van der Waals surface area contributed by atoms with Crippen LogP contribution in [0.5, 0.6) is 0 Å². The quantitative estimate of drug-likeness (QED) is 0.381. The summed E-state index contributed by atoms with van der Waals surface area (Å²) in [5, 5.41) is 19.9. The van der Waals surface area contributed by atoms with E-state index in [-0.39, 0.29) is 5.69 Å². The molecule has 3 aromatic rings. The van der Waals surface area contributed by atoms with Crippen LogP contribution in [0.3, 0.4) is 0 Å². The molecule has 2 aromatic carbocycles. The molecule has 0 N–H and O–H groups in total. The van der Waals surface area contributed by atoms with E-state index >= 15 is 0 Å². The van der Waals surface area contributed by atoms with E-state index in [0.29, 0.717) is 27.5 Å². The summed E-state index contributed by atoms with van der Waals surface area (Å²) >= 11 is 7.09. The van der Waals surface area contributed by atoms with E-state index in [1.54, 1.807) is 42.5 Å². The second kappa shape index (κ2) is 6.80. The van der Waals surface area contributed by atoms with Gasteiger partial charge in [-0.25, -0.2) is 0 Å². The summed E-state index contributed by atoms with van der Waals surface area (Å²) in [5.41, 5.74) is 1.45. The third-order valence-electron chi connectivity index (χ3n) is 3.04. The predicted octanol–water partition coefficient (Wildman–Crippen LogP) is 4.59. The van der Waals surface area contributed by atoms with Gasteiger partial charge in [-0.05, 0) is 24.3 Å². The Labute approximate surface area is 140 Å². The Bertz CT molecular complexity index is 836. The molecule has 1 heterocycles. The number of aromatic nitrogens is 2. The van der Waals surface area contributed by atoms with E-state index in [4.69, 9.17) is 16.0 Å². The molecule has 0 saturated carbocycles. The number of benzene rings is 2. The van der Waals surface area contributed by atoms with Gasteiger partial charge in [0, 0.05) is 28.0 Å². The van der Waals surface area contributed by atoms with Gasteiger partial charge in [-0.3, -0.25) is 10.1 Å². The summed E-state index contributed by atoms with van der Waals surface area (Å²) in [7, 11) is 0. The Morgan fingerprint density at radius 1 is 1.13 bits per heavy atom. The van der Waals surface area contributed by atoms with E-state index in [2.05, 4.69) is 10.2 Å². The minimum absolute atomic E-state index is 0.0810. The first-order chi connectivity index (χ1) is 11.1. The highest BCUT2D eigenvalue weighted by Gasteiger charge is 2.15. The molecular weight excluding hydrogens is 338 g/mol. The van der Waals surface area contributed by atoms with Crippen LogP contribution in [0, 0.1) is 10.1 Å². The van der Waals surface area contributed by atoms with Crippen LogP contribution in [-0.4, -0.2) is 15.1 Å². The lowest BCUT2D eigenvalue weighted by molar-refractivity contribution is -0.385. The summed E-state index contributed by atoms with van der Waals surface area (Å²) in [4.78, 5) is 10.6. The zero-order valence-electron chi connectivity index (χ0n) is 11.7. The van der Waals surface area contributed by atoms with Crippen molar-refractivity contribution < 1.29 is 9.34 Å². The number of nitro benzene ring substituents is 1. The van der Waals surface area contributed by atoms with Crippen LogP contribution in [-0.2, 0) is 5.75 Å². The van der Waals surface area contributed by atoms with Gasteiger partial charge in [0.1, 0.15) is 0 Å². The molecule has 8 heteroatoms. The molecule has 0 aliphatic carbocycles. The van der Waals surface area contributed by atoms with Crippen molar-refractivity contribution in [3.63, 3.8) is 0 Å². The molecule has 0 bridgehead atoms. The third-order valence-corrected chi connectivity index (χ3v) is 4.16. The fourth-order valence-electron chi connectivity index (χ4n) is 1.93. The number of halogens is 1. The van der Waals surface area contributed by atoms with Gasteiger partial charge in [-0.1, -0.05) is 41.6 Å². The van der Waals surface area contributed by atoms with Gasteiger partial charge in [0.25, 0.3) is 10.9 Å². The van der Waals surface area contributed by atoms with Crippen molar-refractivity contribution in [2.75, 3.05) is 0 Å². The highest BCUT2D eigenvalue weighted by Crippen LogP contribution is 2.29. The second-order valence-corrected chi connectivity index (χ2v) is 5.92. The lowest BCUT2D eigenvalue weighted by Crippen LogP contribution is -1.93. The molecule has 0 aliphatic heterocycles. The summed E-state index contributed by atoms with van der Waals surface area (Å²) in [6.07, 6.45) is 0. The van der Waals surface area contributed by atoms with Gasteiger partial charge in [0.05, 0.1) is 4.92 Å². The Morgan fingerprint density at radius 2 is 1.87 bits per heavy atom. The second-order valence-electron chi connectivity index (χ2n) is 4.55. The number of thioether (sulfide) groups is 1. The first kappa shape index (κ1) is 15.5. The molecule has 6 nitrogen and oxygen atoms in total. The summed E-state index contributed by atoms with van der Waals surface area (Å²) in [6, 6.07) is 13.6. The van der Waals surface area contributed by atoms with Crippen LogP contribution in [0.1, 0.15) is 5.56 Å². The first-order valence-corrected chi connectivity index (χ1v) is 7.94. The van der Waals surface area contributed by atoms with Gasteiger partial charge in [-0.2, -0.15) is 0 Å². The molecule has 0 spiro atoms. The van der Waals surface area contributed by atoms with Gasteiger partial charge in [-0.15, -0.1) is 10.2 Å². The van der Waals surface area contributed by atoms with E-state index in [1.807, 2.05) is 0 Å². The highest BCUT2D eigenvalue weighted by molar-refractivity contribution is 7.98. The van der Waals surface area contributed by atoms with Crippen molar-refractivity contribution in [3.05, 3.63) is 69.2 Å². The van der Waals surface area contributed by atoms with E-state index in [0.717, 1.165) is 5.56 Å². The maximum atomic E-state index is 11.0. The number of nitro groups is 1. The maximum absolute atomic E-state index is 11.0. The van der Waals surface area contributed by atoms with Crippen molar-refractivity contribution >= 4 is 29.1 Å². The topological polar surface area (TPSA) is 82.1 Å². The van der Waals surface area contributed by atoms with Crippen LogP contribution in [0.4, 0.5) is 5.69 Å². The molecule has 0 amide bonds. The Kier molecular flexibility index (Phi) is 4.59. The van der Waals surface area contributed by atoms with Gasteiger partial charge in [0.15, 0.2) is 0 Å². The number of rotatable bonds is 5. The van der Waals surface area contributed by atoms with Crippen LogP contribution < -0.4 is 0 Å². The van der Waals surface area contributed by atoms with Crippen LogP contribution in [0.15, 0.2) is 58.2 Å². The molecule has 3 rings (SSSR count). The fourth-order valence-corrected chi connectivity index (χ4v) is 2.81. The summed E-state index contributed by atoms with van der Waals surface area (Å²) in [6.45, 7) is 0. The SMILES string of the molecule is O=[N+]([O-])c1ccccc1CSc1nnc(-c2ccc(Cl)cc2)o1. The molecule has 0 saturated heterocycles. The van der Waals surface area contributed by atoms with Crippen LogP contribution >= 0.6 is 23.4 Å². The number of hydrogen-bond acceptors (Lipinski definition) is 6. The molecule has 116 valence electrons. The maximum Gasteiger partial charge on any atom is 0.277 e. The van der Waals surface area contributed by atoms with Crippen molar-refractivity contribution in [3.8, 4) is 11.5 Å². The van der Waals surface area contributed by atoms with E-state index < -0.39 is 4.92 Å². The largest absolute Gasteiger partial charge is 0.411 e. The molecule has 0 atom stereocenters. The average molecular weight is 348 g/mol. The number of hydrogen-bond donors (Lipinski definition) is 0. The minimum Gasteiger partial charge on any atom is -0.411 e. The lowest BCUT2D eigenvalue weighted by atomic mass is 10.2. The number of para-hydroxylation sites is 1. The first-order valence-electron chi connectivity index (χ1n) is 6.58. The summed E-state index contributed by atoms with van der Waals surface area (Å²) < 4.78 is 5.56. The van der Waals surface area contributed by atoms with Crippen molar-refractivity contribution in [2.45, 2.75) is 11.0 Å². The zero-order chi connectivity index (χ0) is 16.2. The van der Waals surface area contributed by atoms with Crippen LogP contribution in [0.25, 0.3) is 11.5 Å². The number of nitrogens with zero attached hydrogens (tertiary/aromatic N) is 3. The van der Waals surface area contributed by atoms with Crippen molar-refractivity contribution in [1.82, 2.24) is 10.2 Å². The standard InChI is InChI=1S/C15H10ClN3O3S/c16-12-7-5-10(6-8-12)14-17-18-15(22-14)23-9-11-3-1-2-4-13(11)19(20)21/h1-8H,9H2. The molecule has 0 aliphatic rings. The smallest absolute Gasteiger partial charge is 0.277 e. The van der Waals surface area contributed by atoms with Gasteiger partial charge < -0.3 is 4.42 Å². The monoisotopic (exact) mass is 347 g/mol. The van der Waals surface area contributed by atoms with E-state index in [1.165, 1.54) is 17.8 Å². The zero-order valence-corrected chi connectivity index (χ0v) is 13.3. The molecule has 0 fully saturated rings. The average Bonchev–Trinajstić information content (AvgIpc) is 3.03. The minimum atomic E-state index is -0.400. The summed E-state index contributed by atoms with van der Waals surface area (Å²) in [5.74, 6) is 0.756. The van der Waals surface area contributed by atoms with Gasteiger partial charge in [0.2, 0.25) is 5.89 Å². The van der Waals surface area contributed by atoms with Crippen molar-refractivity contribution in [2.24, 2.45) is 0 Å². The molecule has 0 radical (unpaired) electrons. The van der Waals surface area contributed by atoms with E-state index in [9.17, 15) is 10.1 Å². The predicted molar refractivity (Wildman–Crippen MR) is 87.4 cm³/mol. The lowest BCUT2D eigenvalue weighted by Gasteiger charge is -2.00. The van der Waals surface area contributed by atoms with Crippen LogP contribution in [0.2, 0.25) is 5.02 Å². The Balaban J connectivity index is 1.73. The van der Waals surface area contributed by atoms with Crippen molar-refractivity contribution in [1.29, 1.82) is 0 Å². The van der Waals surface area contributed by atoms with Gasteiger partial charge >= 0.3 is 0 Å². The fraction of sp³-hybridized carbons (Fsp3) is 0.0667. The Morgan fingerprint density at radius 3 is 2.61 bits per heavy atom. The Hall–Kier alpha value is -2.38. The molecule has 0 unspecified atom stereocenters. The molecule has 1 aromatic heterocycles. The highest BCUT2D eigenvalue weighted by atomic mass is 35.5. The third kappa shape index (κ3) is 3.69. The molecular formula is C15H10ClN3O3S.